The lowest BCUT2D eigenvalue weighted by Gasteiger charge is -2.36. The Kier molecular flexibility index (Phi) is 4.85. The number of nitrogen functional groups attached to an aromatic ring is 1. The molecule has 3 rings (SSSR count). The fourth-order valence-corrected chi connectivity index (χ4v) is 3.09. The Bertz CT molecular complexity index is 771. The molecular weight excluding hydrogens is 323 g/mol. The third-order valence-corrected chi connectivity index (χ3v) is 4.59. The third kappa shape index (κ3) is 3.88. The lowest BCUT2D eigenvalue weighted by atomic mass is 10.1. The fraction of sp³-hybridized carbons (Fsp3) is 0.333. The summed E-state index contributed by atoms with van der Waals surface area (Å²) in [4.78, 5) is 15.3. The summed E-state index contributed by atoms with van der Waals surface area (Å²) in [5.74, 6) is -0.238. The van der Waals surface area contributed by atoms with Gasteiger partial charge >= 0.3 is 0 Å². The van der Waals surface area contributed by atoms with E-state index in [1.807, 2.05) is 4.90 Å². The monoisotopic (exact) mass is 344 g/mol. The van der Waals surface area contributed by atoms with E-state index in [9.17, 15) is 14.5 Å². The van der Waals surface area contributed by atoms with Gasteiger partial charge in [-0.3, -0.25) is 15.0 Å². The van der Waals surface area contributed by atoms with Crippen LogP contribution in [0.15, 0.2) is 36.4 Å². The number of nitro benzene ring substituents is 1. The highest BCUT2D eigenvalue weighted by Crippen LogP contribution is 2.33. The molecule has 0 bridgehead atoms. The molecule has 0 spiro atoms. The van der Waals surface area contributed by atoms with Crippen molar-refractivity contribution in [2.45, 2.75) is 13.5 Å². The molecule has 0 unspecified atom stereocenters. The highest BCUT2D eigenvalue weighted by molar-refractivity contribution is 5.71. The number of benzene rings is 2. The summed E-state index contributed by atoms with van der Waals surface area (Å²) in [6.45, 7) is 5.44. The molecule has 2 N–H and O–H groups in total. The number of hydrogen-bond donors (Lipinski definition) is 1. The van der Waals surface area contributed by atoms with Gasteiger partial charge in [-0.1, -0.05) is 12.1 Å². The van der Waals surface area contributed by atoms with Crippen molar-refractivity contribution in [1.82, 2.24) is 4.90 Å². The Hall–Kier alpha value is -2.67. The molecule has 6 nitrogen and oxygen atoms in total. The number of piperazine rings is 1. The molecule has 0 atom stereocenters. The van der Waals surface area contributed by atoms with E-state index in [0.29, 0.717) is 30.0 Å². The molecule has 1 heterocycles. The van der Waals surface area contributed by atoms with Crippen LogP contribution in [0.25, 0.3) is 0 Å². The summed E-state index contributed by atoms with van der Waals surface area (Å²) in [5, 5.41) is 11.4. The van der Waals surface area contributed by atoms with E-state index < -0.39 is 0 Å². The molecule has 0 radical (unpaired) electrons. The van der Waals surface area contributed by atoms with Crippen molar-refractivity contribution >= 4 is 17.1 Å². The number of nitro groups is 1. The first-order chi connectivity index (χ1) is 11.9. The minimum atomic E-state index is -0.355. The maximum atomic E-state index is 13.0. The topological polar surface area (TPSA) is 75.6 Å². The number of nitrogens with two attached hydrogens (primary N) is 1. The van der Waals surface area contributed by atoms with Gasteiger partial charge in [0.25, 0.3) is 5.69 Å². The van der Waals surface area contributed by atoms with Gasteiger partial charge in [-0.25, -0.2) is 4.39 Å². The Morgan fingerprint density at radius 3 is 2.40 bits per heavy atom. The zero-order valence-corrected chi connectivity index (χ0v) is 14.1. The largest absolute Gasteiger partial charge is 0.398 e. The van der Waals surface area contributed by atoms with E-state index in [1.54, 1.807) is 25.1 Å². The van der Waals surface area contributed by atoms with Gasteiger partial charge < -0.3 is 10.6 Å². The highest BCUT2D eigenvalue weighted by Gasteiger charge is 2.24. The van der Waals surface area contributed by atoms with E-state index in [4.69, 9.17) is 5.73 Å². The lowest BCUT2D eigenvalue weighted by Crippen LogP contribution is -2.46. The Morgan fingerprint density at radius 2 is 1.80 bits per heavy atom. The van der Waals surface area contributed by atoms with Crippen molar-refractivity contribution in [3.8, 4) is 0 Å². The summed E-state index contributed by atoms with van der Waals surface area (Å²) in [6, 6.07) is 9.73. The van der Waals surface area contributed by atoms with Crippen molar-refractivity contribution in [1.29, 1.82) is 0 Å². The zero-order chi connectivity index (χ0) is 18.0. The molecule has 0 saturated carbocycles. The summed E-state index contributed by atoms with van der Waals surface area (Å²) in [6.07, 6.45) is 0. The fourth-order valence-electron chi connectivity index (χ4n) is 3.09. The summed E-state index contributed by atoms with van der Waals surface area (Å²) in [7, 11) is 0. The van der Waals surface area contributed by atoms with Gasteiger partial charge in [-0.05, 0) is 36.2 Å². The van der Waals surface area contributed by atoms with Crippen molar-refractivity contribution < 1.29 is 9.31 Å². The van der Waals surface area contributed by atoms with Crippen molar-refractivity contribution in [2.75, 3.05) is 36.8 Å². The number of nitrogens with zero attached hydrogens (tertiary/aromatic N) is 3. The first kappa shape index (κ1) is 17.2. The SMILES string of the molecule is Cc1cc([N+](=O)[O-])c(N2CCN(Cc3ccc(F)cc3)CC2)cc1N. The Morgan fingerprint density at radius 1 is 1.16 bits per heavy atom. The molecule has 1 fully saturated rings. The smallest absolute Gasteiger partial charge is 0.292 e. The van der Waals surface area contributed by atoms with Gasteiger partial charge in [0.1, 0.15) is 11.5 Å². The zero-order valence-electron chi connectivity index (χ0n) is 14.1. The van der Waals surface area contributed by atoms with Gasteiger partial charge in [0, 0.05) is 44.5 Å². The summed E-state index contributed by atoms with van der Waals surface area (Å²) < 4.78 is 13.0. The average molecular weight is 344 g/mol. The van der Waals surface area contributed by atoms with E-state index in [0.717, 1.165) is 25.2 Å². The first-order valence-electron chi connectivity index (χ1n) is 8.20. The van der Waals surface area contributed by atoms with Gasteiger partial charge in [-0.15, -0.1) is 0 Å². The van der Waals surface area contributed by atoms with Crippen LogP contribution in [-0.2, 0) is 6.54 Å². The van der Waals surface area contributed by atoms with Gasteiger partial charge in [0.15, 0.2) is 0 Å². The highest BCUT2D eigenvalue weighted by atomic mass is 19.1. The normalized spacial score (nSPS) is 15.4. The van der Waals surface area contributed by atoms with Crippen LogP contribution >= 0.6 is 0 Å². The molecule has 1 aliphatic rings. The van der Waals surface area contributed by atoms with Crippen LogP contribution in [0.5, 0.6) is 0 Å². The minimum absolute atomic E-state index is 0.0960. The predicted molar refractivity (Wildman–Crippen MR) is 96.1 cm³/mol. The standard InChI is InChI=1S/C18H21FN4O2/c1-13-10-18(23(24)25)17(11-16(13)20)22-8-6-21(7-9-22)12-14-2-4-15(19)5-3-14/h2-5,10-11H,6-9,12,20H2,1H3. The second-order valence-electron chi connectivity index (χ2n) is 6.34. The molecule has 0 aliphatic carbocycles. The van der Waals surface area contributed by atoms with Crippen LogP contribution in [-0.4, -0.2) is 36.0 Å². The van der Waals surface area contributed by atoms with Crippen molar-refractivity contribution in [3.05, 3.63) is 63.5 Å². The molecule has 1 aliphatic heterocycles. The molecule has 1 saturated heterocycles. The third-order valence-electron chi connectivity index (χ3n) is 4.59. The maximum Gasteiger partial charge on any atom is 0.292 e. The van der Waals surface area contributed by atoms with E-state index in [1.165, 1.54) is 18.2 Å². The summed E-state index contributed by atoms with van der Waals surface area (Å²) >= 11 is 0. The number of anilines is 2. The average Bonchev–Trinajstić information content (AvgIpc) is 2.59. The number of rotatable bonds is 4. The molecule has 25 heavy (non-hydrogen) atoms. The Balaban J connectivity index is 1.69. The predicted octanol–water partition coefficient (Wildman–Crippen LogP) is 2.95. The van der Waals surface area contributed by atoms with Crippen LogP contribution in [0.2, 0.25) is 0 Å². The summed E-state index contributed by atoms with van der Waals surface area (Å²) in [5.41, 5.74) is 8.96. The van der Waals surface area contributed by atoms with Crippen LogP contribution in [0.3, 0.4) is 0 Å². The second kappa shape index (κ2) is 7.06. The number of aryl methyl sites for hydroxylation is 1. The number of hydrogen-bond acceptors (Lipinski definition) is 5. The molecule has 132 valence electrons. The minimum Gasteiger partial charge on any atom is -0.398 e. The lowest BCUT2D eigenvalue weighted by molar-refractivity contribution is -0.384. The number of halogens is 1. The molecular formula is C18H21FN4O2. The molecule has 0 aromatic heterocycles. The van der Waals surface area contributed by atoms with Crippen molar-refractivity contribution in [2.24, 2.45) is 0 Å². The second-order valence-corrected chi connectivity index (χ2v) is 6.34. The van der Waals surface area contributed by atoms with Crippen LogP contribution in [0.1, 0.15) is 11.1 Å². The molecule has 7 heteroatoms. The Labute approximate surface area is 145 Å². The van der Waals surface area contributed by atoms with Gasteiger partial charge in [0.2, 0.25) is 0 Å². The van der Waals surface area contributed by atoms with E-state index in [2.05, 4.69) is 4.90 Å². The van der Waals surface area contributed by atoms with Crippen LogP contribution < -0.4 is 10.6 Å². The van der Waals surface area contributed by atoms with Gasteiger partial charge in [0.05, 0.1) is 4.92 Å². The molecule has 0 amide bonds. The van der Waals surface area contributed by atoms with Crippen LogP contribution in [0, 0.1) is 22.9 Å². The molecule has 2 aromatic rings. The van der Waals surface area contributed by atoms with E-state index in [-0.39, 0.29) is 16.4 Å². The molecule has 2 aromatic carbocycles. The maximum absolute atomic E-state index is 13.0. The van der Waals surface area contributed by atoms with E-state index >= 15 is 0 Å². The first-order valence-corrected chi connectivity index (χ1v) is 8.20. The van der Waals surface area contributed by atoms with Crippen molar-refractivity contribution in [3.63, 3.8) is 0 Å². The van der Waals surface area contributed by atoms with Gasteiger partial charge in [-0.2, -0.15) is 0 Å². The van der Waals surface area contributed by atoms with Crippen LogP contribution in [0.4, 0.5) is 21.5 Å². The quantitative estimate of drug-likeness (QED) is 0.524.